The number of methoxy groups -OCH3 is 1. The van der Waals surface area contributed by atoms with Gasteiger partial charge in [-0.1, -0.05) is 32.1 Å². The van der Waals surface area contributed by atoms with E-state index in [1.165, 1.54) is 4.90 Å². The number of ether oxygens (including phenoxy) is 1. The predicted molar refractivity (Wildman–Crippen MR) is 135 cm³/mol. The van der Waals surface area contributed by atoms with Gasteiger partial charge in [-0.25, -0.2) is 4.68 Å². The number of aromatic nitrogens is 3. The second-order valence-corrected chi connectivity index (χ2v) is 11.8. The molecule has 4 atom stereocenters. The Labute approximate surface area is 217 Å². The first kappa shape index (κ1) is 25.7. The van der Waals surface area contributed by atoms with Gasteiger partial charge in [-0.15, -0.1) is 5.10 Å². The molecule has 1 saturated carbocycles. The Hall–Kier alpha value is -2.98. The first-order chi connectivity index (χ1) is 17.5. The van der Waals surface area contributed by atoms with Crippen molar-refractivity contribution in [3.05, 3.63) is 41.2 Å². The molecule has 1 aromatic carbocycles. The van der Waals surface area contributed by atoms with Crippen molar-refractivity contribution in [2.75, 3.05) is 20.2 Å². The third-order valence-electron chi connectivity index (χ3n) is 7.88. The van der Waals surface area contributed by atoms with Crippen LogP contribution < -0.4 is 10.1 Å². The number of rotatable bonds is 7. The van der Waals surface area contributed by atoms with Crippen molar-refractivity contribution in [2.24, 2.45) is 5.41 Å². The van der Waals surface area contributed by atoms with Crippen LogP contribution >= 0.6 is 0 Å². The molecular formula is C27H37N5O5. The van der Waals surface area contributed by atoms with Crippen molar-refractivity contribution in [3.8, 4) is 5.75 Å². The summed E-state index contributed by atoms with van der Waals surface area (Å²) in [5, 5.41) is 33.2. The Morgan fingerprint density at radius 3 is 2.73 bits per heavy atom. The normalized spacial score (nSPS) is 26.2. The summed E-state index contributed by atoms with van der Waals surface area (Å²) in [6.07, 6.45) is 4.50. The highest BCUT2D eigenvalue weighted by molar-refractivity contribution is 5.90. The van der Waals surface area contributed by atoms with Crippen LogP contribution in [0.15, 0.2) is 24.4 Å². The number of β-amino-alcohol motifs (C(OH)–C–C–N with tert-alkyl or cyclic N) is 1. The van der Waals surface area contributed by atoms with Gasteiger partial charge in [0.05, 0.1) is 25.5 Å². The van der Waals surface area contributed by atoms with E-state index >= 15 is 0 Å². The number of nitrogens with one attached hydrogen (secondary N) is 1. The summed E-state index contributed by atoms with van der Waals surface area (Å²) in [5.41, 5.74) is 0.968. The quantitative estimate of drug-likeness (QED) is 0.516. The molecule has 2 aliphatic carbocycles. The molecule has 1 aromatic heterocycles. The molecule has 0 radical (unpaired) electrons. The highest BCUT2D eigenvalue weighted by Crippen LogP contribution is 2.41. The molecule has 3 aliphatic rings. The summed E-state index contributed by atoms with van der Waals surface area (Å²) >= 11 is 0. The fourth-order valence-electron chi connectivity index (χ4n) is 5.69. The summed E-state index contributed by atoms with van der Waals surface area (Å²) in [5.74, 6) is 0.481. The van der Waals surface area contributed by atoms with Crippen LogP contribution in [0.25, 0.3) is 0 Å². The maximum absolute atomic E-state index is 13.9. The fraction of sp³-hybridized carbons (Fsp3) is 0.630. The highest BCUT2D eigenvalue weighted by atomic mass is 16.5. The van der Waals surface area contributed by atoms with Gasteiger partial charge in [0.2, 0.25) is 11.8 Å². The maximum atomic E-state index is 13.9. The smallest absolute Gasteiger partial charge is 0.248 e. The number of benzene rings is 1. The minimum atomic E-state index is -1.20. The van der Waals surface area contributed by atoms with Gasteiger partial charge in [0.1, 0.15) is 23.4 Å². The molecule has 10 nitrogen and oxygen atoms in total. The van der Waals surface area contributed by atoms with Crippen LogP contribution in [0.1, 0.15) is 75.2 Å². The zero-order chi connectivity index (χ0) is 26.5. The van der Waals surface area contributed by atoms with E-state index in [-0.39, 0.29) is 31.3 Å². The maximum Gasteiger partial charge on any atom is 0.248 e. The summed E-state index contributed by atoms with van der Waals surface area (Å²) in [6, 6.07) is 4.04. The van der Waals surface area contributed by atoms with Gasteiger partial charge in [0, 0.05) is 25.1 Å². The van der Waals surface area contributed by atoms with Crippen molar-refractivity contribution in [3.63, 3.8) is 0 Å². The van der Waals surface area contributed by atoms with Crippen LogP contribution in [0, 0.1) is 5.41 Å². The summed E-state index contributed by atoms with van der Waals surface area (Å²) in [6.45, 7) is 5.96. The largest absolute Gasteiger partial charge is 0.497 e. The standard InChI is InChI=1S/C27H37N5O5/c1-26(2,3)23(32-14-21(29-30-32)16-5-6-16)25(35)31-13-18(33)12-22(31)24(34)28-15-27(36)10-9-17-11-19(37-4)7-8-20(17)27/h7-8,11,14,16,18,22-23,33,36H,5-6,9-10,12-13,15H2,1-4H3,(H,28,34)/t18?,22?,23-,27?/m1/s1. The number of amides is 2. The van der Waals surface area contributed by atoms with Gasteiger partial charge < -0.3 is 25.2 Å². The van der Waals surface area contributed by atoms with Crippen LogP contribution in [0.4, 0.5) is 0 Å². The van der Waals surface area contributed by atoms with Crippen molar-refractivity contribution < 1.29 is 24.5 Å². The van der Waals surface area contributed by atoms with Crippen LogP contribution in [-0.4, -0.2) is 74.3 Å². The van der Waals surface area contributed by atoms with E-state index in [2.05, 4.69) is 15.6 Å². The topological polar surface area (TPSA) is 130 Å². The molecule has 2 amide bonds. The molecule has 2 fully saturated rings. The van der Waals surface area contributed by atoms with Gasteiger partial charge in [0.15, 0.2) is 0 Å². The number of hydrogen-bond donors (Lipinski definition) is 3. The Kier molecular flexibility index (Phi) is 6.52. The number of nitrogens with zero attached hydrogens (tertiary/aromatic N) is 4. The molecule has 0 spiro atoms. The number of likely N-dealkylation sites (tertiary alicyclic amines) is 1. The Balaban J connectivity index is 1.31. The molecule has 3 unspecified atom stereocenters. The van der Waals surface area contributed by atoms with Crippen LogP contribution in [0.3, 0.4) is 0 Å². The predicted octanol–water partition coefficient (Wildman–Crippen LogP) is 1.66. The molecule has 0 bridgehead atoms. The van der Waals surface area contributed by atoms with E-state index in [0.717, 1.165) is 35.4 Å². The lowest BCUT2D eigenvalue weighted by atomic mass is 9.85. The first-order valence-corrected chi connectivity index (χ1v) is 13.1. The van der Waals surface area contributed by atoms with Crippen LogP contribution in [0.2, 0.25) is 0 Å². The summed E-state index contributed by atoms with van der Waals surface area (Å²) in [4.78, 5) is 28.7. The molecule has 1 saturated heterocycles. The van der Waals surface area contributed by atoms with Crippen molar-refractivity contribution in [2.45, 2.75) is 82.6 Å². The SMILES string of the molecule is COc1ccc2c(c1)CCC2(O)CNC(=O)C1CC(O)CN1C(=O)[C@@H](n1cc(C2CC2)nn1)C(C)(C)C. The lowest BCUT2D eigenvalue weighted by Gasteiger charge is -2.35. The van der Waals surface area contributed by atoms with E-state index in [1.807, 2.05) is 39.1 Å². The molecule has 200 valence electrons. The van der Waals surface area contributed by atoms with Gasteiger partial charge in [-0.2, -0.15) is 0 Å². The molecular weight excluding hydrogens is 474 g/mol. The fourth-order valence-corrected chi connectivity index (χ4v) is 5.69. The minimum absolute atomic E-state index is 0.0241. The summed E-state index contributed by atoms with van der Waals surface area (Å²) in [7, 11) is 1.60. The lowest BCUT2D eigenvalue weighted by molar-refractivity contribution is -0.144. The second-order valence-electron chi connectivity index (χ2n) is 11.8. The van der Waals surface area contributed by atoms with Crippen molar-refractivity contribution in [1.29, 1.82) is 0 Å². The number of aliphatic hydroxyl groups is 2. The number of fused-ring (bicyclic) bond motifs is 1. The van der Waals surface area contributed by atoms with Gasteiger partial charge in [-0.3, -0.25) is 9.59 Å². The average molecular weight is 512 g/mol. The number of carbonyl (C=O) groups excluding carboxylic acids is 2. The second kappa shape index (κ2) is 9.40. The monoisotopic (exact) mass is 511 g/mol. The van der Waals surface area contributed by atoms with E-state index in [9.17, 15) is 19.8 Å². The van der Waals surface area contributed by atoms with Crippen LogP contribution in [0.5, 0.6) is 5.75 Å². The molecule has 37 heavy (non-hydrogen) atoms. The van der Waals surface area contributed by atoms with Crippen molar-refractivity contribution in [1.82, 2.24) is 25.2 Å². The zero-order valence-corrected chi connectivity index (χ0v) is 22.0. The molecule has 1 aliphatic heterocycles. The molecule has 2 aromatic rings. The first-order valence-electron chi connectivity index (χ1n) is 13.1. The van der Waals surface area contributed by atoms with Crippen molar-refractivity contribution >= 4 is 11.8 Å². The molecule has 10 heteroatoms. The molecule has 2 heterocycles. The lowest BCUT2D eigenvalue weighted by Crippen LogP contribution is -2.52. The van der Waals surface area contributed by atoms with E-state index in [0.29, 0.717) is 18.8 Å². The van der Waals surface area contributed by atoms with Gasteiger partial charge in [0.25, 0.3) is 0 Å². The summed E-state index contributed by atoms with van der Waals surface area (Å²) < 4.78 is 6.90. The Morgan fingerprint density at radius 1 is 1.30 bits per heavy atom. The van der Waals surface area contributed by atoms with E-state index in [4.69, 9.17) is 4.74 Å². The molecule has 5 rings (SSSR count). The van der Waals surface area contributed by atoms with E-state index < -0.39 is 29.2 Å². The third kappa shape index (κ3) is 4.96. The van der Waals surface area contributed by atoms with Crippen LogP contribution in [-0.2, 0) is 21.6 Å². The van der Waals surface area contributed by atoms with Gasteiger partial charge in [-0.05, 0) is 54.4 Å². The number of aryl methyl sites for hydroxylation is 1. The number of carbonyl (C=O) groups is 2. The van der Waals surface area contributed by atoms with Gasteiger partial charge >= 0.3 is 0 Å². The Bertz CT molecular complexity index is 1190. The minimum Gasteiger partial charge on any atom is -0.497 e. The zero-order valence-electron chi connectivity index (χ0n) is 22.0. The highest BCUT2D eigenvalue weighted by Gasteiger charge is 2.46. The average Bonchev–Trinajstić information content (AvgIpc) is 3.31. The number of hydrogen-bond acceptors (Lipinski definition) is 7. The molecule has 3 N–H and O–H groups in total. The Morgan fingerprint density at radius 2 is 2.05 bits per heavy atom. The third-order valence-corrected chi connectivity index (χ3v) is 7.88. The van der Waals surface area contributed by atoms with E-state index in [1.54, 1.807) is 17.9 Å². The number of aliphatic hydroxyl groups excluding tert-OH is 1.